The summed E-state index contributed by atoms with van der Waals surface area (Å²) >= 11 is 6.21. The van der Waals surface area contributed by atoms with E-state index in [9.17, 15) is 0 Å². The van der Waals surface area contributed by atoms with Crippen LogP contribution in [0.3, 0.4) is 0 Å². The number of halogens is 1. The fourth-order valence-corrected chi connectivity index (χ4v) is 2.20. The second kappa shape index (κ2) is 4.72. The summed E-state index contributed by atoms with van der Waals surface area (Å²) in [4.78, 5) is 0. The van der Waals surface area contributed by atoms with Gasteiger partial charge >= 0.3 is 0 Å². The van der Waals surface area contributed by atoms with E-state index in [0.29, 0.717) is 29.7 Å². The van der Waals surface area contributed by atoms with Crippen molar-refractivity contribution in [3.05, 3.63) is 22.7 Å². The molecular weight excluding hydrogens is 244 g/mol. The molecule has 0 bridgehead atoms. The number of benzene rings is 1. The van der Waals surface area contributed by atoms with Crippen molar-refractivity contribution in [3.8, 4) is 11.5 Å². The zero-order chi connectivity index (χ0) is 12.5. The molecule has 17 heavy (non-hydrogen) atoms. The number of ether oxygens (including phenoxy) is 4. The van der Waals surface area contributed by atoms with E-state index < -0.39 is 5.79 Å². The van der Waals surface area contributed by atoms with Gasteiger partial charge in [0.25, 0.3) is 0 Å². The lowest BCUT2D eigenvalue weighted by Gasteiger charge is -2.24. The van der Waals surface area contributed by atoms with Crippen LogP contribution in [-0.2, 0) is 15.3 Å². The van der Waals surface area contributed by atoms with E-state index in [1.807, 2.05) is 6.92 Å². The molecule has 1 saturated heterocycles. The Bertz CT molecular complexity index is 413. The Hall–Kier alpha value is -0.970. The first-order valence-corrected chi connectivity index (χ1v) is 5.68. The van der Waals surface area contributed by atoms with Gasteiger partial charge in [0.1, 0.15) is 0 Å². The van der Waals surface area contributed by atoms with Crippen molar-refractivity contribution in [2.75, 3.05) is 27.4 Å². The lowest BCUT2D eigenvalue weighted by molar-refractivity contribution is -0.149. The Morgan fingerprint density at radius 3 is 2.18 bits per heavy atom. The van der Waals surface area contributed by atoms with E-state index in [1.165, 1.54) is 0 Å². The predicted octanol–water partition coefficient (Wildman–Crippen LogP) is 2.58. The Morgan fingerprint density at radius 2 is 1.65 bits per heavy atom. The summed E-state index contributed by atoms with van der Waals surface area (Å²) in [5, 5.41) is 0.534. The van der Waals surface area contributed by atoms with Gasteiger partial charge in [-0.3, -0.25) is 0 Å². The van der Waals surface area contributed by atoms with Gasteiger partial charge in [-0.05, 0) is 13.0 Å². The maximum Gasteiger partial charge on any atom is 0.193 e. The van der Waals surface area contributed by atoms with Crippen LogP contribution in [0.25, 0.3) is 0 Å². The summed E-state index contributed by atoms with van der Waals surface area (Å²) in [5.41, 5.74) is 0.745. The van der Waals surface area contributed by atoms with Crippen molar-refractivity contribution in [2.45, 2.75) is 12.7 Å². The summed E-state index contributed by atoms with van der Waals surface area (Å²) in [6.45, 7) is 2.95. The molecule has 2 rings (SSSR count). The van der Waals surface area contributed by atoms with Gasteiger partial charge in [-0.25, -0.2) is 0 Å². The number of hydrogen-bond acceptors (Lipinski definition) is 4. The molecule has 0 spiro atoms. The van der Waals surface area contributed by atoms with Gasteiger partial charge in [-0.2, -0.15) is 0 Å². The van der Waals surface area contributed by atoms with Crippen LogP contribution in [0.5, 0.6) is 11.5 Å². The highest BCUT2D eigenvalue weighted by atomic mass is 35.5. The molecule has 94 valence electrons. The standard InChI is InChI=1S/C12H15ClO4/c1-12(16-4-5-17-12)8-6-10(14-2)11(15-3)7-9(8)13/h6-7H,4-5H2,1-3H3. The highest BCUT2D eigenvalue weighted by molar-refractivity contribution is 6.31. The van der Waals surface area contributed by atoms with Crippen molar-refractivity contribution in [3.63, 3.8) is 0 Å². The number of rotatable bonds is 3. The average molecular weight is 259 g/mol. The number of methoxy groups -OCH3 is 2. The van der Waals surface area contributed by atoms with Crippen LogP contribution in [0, 0.1) is 0 Å². The smallest absolute Gasteiger partial charge is 0.193 e. The molecule has 0 radical (unpaired) electrons. The monoisotopic (exact) mass is 258 g/mol. The van der Waals surface area contributed by atoms with Gasteiger partial charge in [0.15, 0.2) is 17.3 Å². The largest absolute Gasteiger partial charge is 0.493 e. The molecule has 1 aromatic rings. The SMILES string of the molecule is COc1cc(Cl)c(C2(C)OCCO2)cc1OC. The lowest BCUT2D eigenvalue weighted by Crippen LogP contribution is -2.23. The molecule has 0 aliphatic carbocycles. The van der Waals surface area contributed by atoms with Crippen LogP contribution in [0.15, 0.2) is 12.1 Å². The first kappa shape index (κ1) is 12.5. The Balaban J connectivity index is 2.47. The van der Waals surface area contributed by atoms with Gasteiger partial charge in [0.2, 0.25) is 0 Å². The topological polar surface area (TPSA) is 36.9 Å². The van der Waals surface area contributed by atoms with Crippen molar-refractivity contribution < 1.29 is 18.9 Å². The van der Waals surface area contributed by atoms with Gasteiger partial charge in [0.05, 0.1) is 32.5 Å². The van der Waals surface area contributed by atoms with E-state index in [4.69, 9.17) is 30.5 Å². The summed E-state index contributed by atoms with van der Waals surface area (Å²) in [7, 11) is 3.15. The molecule has 5 heteroatoms. The zero-order valence-electron chi connectivity index (χ0n) is 10.1. The number of hydrogen-bond donors (Lipinski definition) is 0. The van der Waals surface area contributed by atoms with E-state index in [0.717, 1.165) is 5.56 Å². The van der Waals surface area contributed by atoms with Crippen molar-refractivity contribution >= 4 is 11.6 Å². The minimum Gasteiger partial charge on any atom is -0.493 e. The molecule has 0 unspecified atom stereocenters. The van der Waals surface area contributed by atoms with Crippen molar-refractivity contribution in [2.24, 2.45) is 0 Å². The summed E-state index contributed by atoms with van der Waals surface area (Å²) in [5.74, 6) is 0.381. The van der Waals surface area contributed by atoms with Crippen LogP contribution in [0.4, 0.5) is 0 Å². The highest BCUT2D eigenvalue weighted by Crippen LogP contribution is 2.41. The minimum absolute atomic E-state index is 0.534. The highest BCUT2D eigenvalue weighted by Gasteiger charge is 2.36. The molecule has 0 amide bonds. The van der Waals surface area contributed by atoms with E-state index in [2.05, 4.69) is 0 Å². The van der Waals surface area contributed by atoms with Crippen molar-refractivity contribution in [1.29, 1.82) is 0 Å². The van der Waals surface area contributed by atoms with Crippen LogP contribution < -0.4 is 9.47 Å². The third-order valence-corrected chi connectivity index (χ3v) is 3.11. The first-order chi connectivity index (χ1) is 8.10. The summed E-state index contributed by atoms with van der Waals surface area (Å²) in [6, 6.07) is 3.48. The Morgan fingerprint density at radius 1 is 1.12 bits per heavy atom. The molecule has 4 nitrogen and oxygen atoms in total. The van der Waals surface area contributed by atoms with Crippen LogP contribution in [0.2, 0.25) is 5.02 Å². The predicted molar refractivity (Wildman–Crippen MR) is 63.8 cm³/mol. The van der Waals surface area contributed by atoms with Gasteiger partial charge < -0.3 is 18.9 Å². The second-order valence-electron chi connectivity index (χ2n) is 3.83. The minimum atomic E-state index is -0.809. The Kier molecular flexibility index (Phi) is 3.47. The molecule has 0 N–H and O–H groups in total. The van der Waals surface area contributed by atoms with E-state index in [-0.39, 0.29) is 0 Å². The van der Waals surface area contributed by atoms with Crippen LogP contribution in [-0.4, -0.2) is 27.4 Å². The fraction of sp³-hybridized carbons (Fsp3) is 0.500. The first-order valence-electron chi connectivity index (χ1n) is 5.30. The molecule has 0 aromatic heterocycles. The molecule has 1 aliphatic rings. The second-order valence-corrected chi connectivity index (χ2v) is 4.24. The molecule has 1 aromatic carbocycles. The Labute approximate surface area is 105 Å². The molecule has 0 atom stereocenters. The maximum atomic E-state index is 6.21. The normalized spacial score (nSPS) is 18.1. The summed E-state index contributed by atoms with van der Waals surface area (Å²) in [6.07, 6.45) is 0. The van der Waals surface area contributed by atoms with Gasteiger partial charge in [0, 0.05) is 11.6 Å². The van der Waals surface area contributed by atoms with E-state index >= 15 is 0 Å². The molecule has 1 aliphatic heterocycles. The van der Waals surface area contributed by atoms with Crippen molar-refractivity contribution in [1.82, 2.24) is 0 Å². The summed E-state index contributed by atoms with van der Waals surface area (Å²) < 4.78 is 21.6. The van der Waals surface area contributed by atoms with Crippen LogP contribution >= 0.6 is 11.6 Å². The van der Waals surface area contributed by atoms with E-state index in [1.54, 1.807) is 26.4 Å². The maximum absolute atomic E-state index is 6.21. The average Bonchev–Trinajstić information content (AvgIpc) is 2.76. The molecule has 1 heterocycles. The quantitative estimate of drug-likeness (QED) is 0.835. The fourth-order valence-electron chi connectivity index (χ4n) is 1.87. The molecular formula is C12H15ClO4. The molecule has 0 saturated carbocycles. The third kappa shape index (κ3) is 2.20. The zero-order valence-corrected chi connectivity index (χ0v) is 10.8. The lowest BCUT2D eigenvalue weighted by atomic mass is 10.1. The van der Waals surface area contributed by atoms with Crippen LogP contribution in [0.1, 0.15) is 12.5 Å². The third-order valence-electron chi connectivity index (χ3n) is 2.80. The van der Waals surface area contributed by atoms with Gasteiger partial charge in [-0.1, -0.05) is 11.6 Å². The molecule has 1 fully saturated rings. The van der Waals surface area contributed by atoms with Gasteiger partial charge in [-0.15, -0.1) is 0 Å².